The molecule has 0 radical (unpaired) electrons. The number of carbonyl (C=O) groups is 1. The fourth-order valence-corrected chi connectivity index (χ4v) is 3.49. The van der Waals surface area contributed by atoms with Gasteiger partial charge in [-0.05, 0) is 19.1 Å². The summed E-state index contributed by atoms with van der Waals surface area (Å²) in [5.41, 5.74) is 1.55. The van der Waals surface area contributed by atoms with E-state index in [1.165, 1.54) is 6.07 Å². The Balaban J connectivity index is 1.84. The second-order valence-electron chi connectivity index (χ2n) is 6.08. The smallest absolute Gasteiger partial charge is 0.293 e. The molecule has 0 aliphatic carbocycles. The van der Waals surface area contributed by atoms with Crippen LogP contribution < -0.4 is 4.90 Å². The summed E-state index contributed by atoms with van der Waals surface area (Å²) in [7, 11) is 1.78. The minimum atomic E-state index is -0.450. The first kappa shape index (κ1) is 18.3. The van der Waals surface area contributed by atoms with Crippen molar-refractivity contribution in [1.82, 2.24) is 9.88 Å². The summed E-state index contributed by atoms with van der Waals surface area (Å²) >= 11 is 1.54. The quantitative estimate of drug-likeness (QED) is 0.588. The predicted molar refractivity (Wildman–Crippen MR) is 98.8 cm³/mol. The molecule has 0 spiro atoms. The number of hydrogen-bond donors (Lipinski definition) is 0. The molecule has 26 heavy (non-hydrogen) atoms. The number of rotatable bonds is 5. The van der Waals surface area contributed by atoms with Crippen molar-refractivity contribution in [2.45, 2.75) is 13.5 Å². The molecule has 138 valence electrons. The Morgan fingerprint density at radius 3 is 2.77 bits per heavy atom. The van der Waals surface area contributed by atoms with Gasteiger partial charge in [-0.25, -0.2) is 4.98 Å². The molecule has 1 amide bonds. The number of nitro groups is 1. The molecule has 0 unspecified atom stereocenters. The van der Waals surface area contributed by atoms with E-state index in [0.29, 0.717) is 44.1 Å². The summed E-state index contributed by atoms with van der Waals surface area (Å²) in [6.45, 7) is 4.35. The standard InChI is InChI=1S/C17H20N4O4S/c1-12-18-14(11-26-12)10-19(2)15-4-3-13(9-16(15)21(23)24)17(22)20-5-7-25-8-6-20/h3-4,9,11H,5-8,10H2,1-2H3. The molecule has 1 aromatic heterocycles. The van der Waals surface area contributed by atoms with Gasteiger partial charge in [-0.15, -0.1) is 11.3 Å². The number of ether oxygens (including phenoxy) is 1. The van der Waals surface area contributed by atoms with Crippen molar-refractivity contribution >= 4 is 28.6 Å². The molecule has 8 nitrogen and oxygen atoms in total. The largest absolute Gasteiger partial charge is 0.378 e. The number of carbonyl (C=O) groups excluding carboxylic acids is 1. The fourth-order valence-electron chi connectivity index (χ4n) is 2.88. The van der Waals surface area contributed by atoms with Gasteiger partial charge in [0.05, 0.1) is 35.4 Å². The molecule has 9 heteroatoms. The van der Waals surface area contributed by atoms with E-state index >= 15 is 0 Å². The lowest BCUT2D eigenvalue weighted by molar-refractivity contribution is -0.384. The fraction of sp³-hybridized carbons (Fsp3) is 0.412. The number of hydrogen-bond acceptors (Lipinski definition) is 7. The Bertz CT molecular complexity index is 817. The van der Waals surface area contributed by atoms with Gasteiger partial charge in [-0.3, -0.25) is 14.9 Å². The van der Waals surface area contributed by atoms with Crippen LogP contribution in [-0.4, -0.2) is 54.1 Å². The number of nitrogens with zero attached hydrogens (tertiary/aromatic N) is 4. The van der Waals surface area contributed by atoms with Gasteiger partial charge in [-0.2, -0.15) is 0 Å². The molecule has 1 aliphatic heterocycles. The monoisotopic (exact) mass is 376 g/mol. The van der Waals surface area contributed by atoms with Gasteiger partial charge in [-0.1, -0.05) is 0 Å². The number of morpholine rings is 1. The van der Waals surface area contributed by atoms with Crippen molar-refractivity contribution in [3.05, 3.63) is 50.0 Å². The van der Waals surface area contributed by atoms with Crippen LogP contribution >= 0.6 is 11.3 Å². The average Bonchev–Trinajstić information content (AvgIpc) is 3.06. The number of amides is 1. The van der Waals surface area contributed by atoms with E-state index in [1.54, 1.807) is 40.3 Å². The highest BCUT2D eigenvalue weighted by molar-refractivity contribution is 7.09. The topological polar surface area (TPSA) is 88.8 Å². The van der Waals surface area contributed by atoms with Crippen LogP contribution in [0.15, 0.2) is 23.6 Å². The van der Waals surface area contributed by atoms with E-state index in [-0.39, 0.29) is 11.6 Å². The molecule has 1 aliphatic rings. The first-order valence-corrected chi connectivity index (χ1v) is 9.11. The van der Waals surface area contributed by atoms with E-state index in [0.717, 1.165) is 10.7 Å². The lowest BCUT2D eigenvalue weighted by Gasteiger charge is -2.27. The van der Waals surface area contributed by atoms with E-state index < -0.39 is 4.92 Å². The Labute approximate surface area is 155 Å². The van der Waals surface area contributed by atoms with Crippen molar-refractivity contribution in [2.24, 2.45) is 0 Å². The third-order valence-corrected chi connectivity index (χ3v) is 5.02. The number of thiazole rings is 1. The van der Waals surface area contributed by atoms with Crippen LogP contribution in [0.4, 0.5) is 11.4 Å². The zero-order chi connectivity index (χ0) is 18.7. The molecule has 1 aromatic carbocycles. The Morgan fingerprint density at radius 2 is 2.15 bits per heavy atom. The lowest BCUT2D eigenvalue weighted by atomic mass is 10.1. The second kappa shape index (κ2) is 7.79. The van der Waals surface area contributed by atoms with Gasteiger partial charge in [0.1, 0.15) is 5.69 Å². The molecule has 0 atom stereocenters. The SMILES string of the molecule is Cc1nc(CN(C)c2ccc(C(=O)N3CCOCC3)cc2[N+](=O)[O-])cs1. The summed E-state index contributed by atoms with van der Waals surface area (Å²) in [4.78, 5) is 31.5. The molecule has 1 fully saturated rings. The molecule has 0 bridgehead atoms. The first-order chi connectivity index (χ1) is 12.5. The van der Waals surface area contributed by atoms with Crippen LogP contribution in [0, 0.1) is 17.0 Å². The molecule has 2 aromatic rings. The number of nitro benzene ring substituents is 1. The number of aryl methyl sites for hydroxylation is 1. The third kappa shape index (κ3) is 4.00. The normalized spacial score (nSPS) is 14.3. The van der Waals surface area contributed by atoms with E-state index in [2.05, 4.69) is 4.98 Å². The summed E-state index contributed by atoms with van der Waals surface area (Å²) in [5.74, 6) is -0.208. The van der Waals surface area contributed by atoms with Gasteiger partial charge < -0.3 is 14.5 Å². The van der Waals surface area contributed by atoms with Crippen LogP contribution in [0.25, 0.3) is 0 Å². The highest BCUT2D eigenvalue weighted by Gasteiger charge is 2.24. The summed E-state index contributed by atoms with van der Waals surface area (Å²) in [6, 6.07) is 4.63. The maximum Gasteiger partial charge on any atom is 0.293 e. The highest BCUT2D eigenvalue weighted by Crippen LogP contribution is 2.30. The Hall–Kier alpha value is -2.52. The predicted octanol–water partition coefficient (Wildman–Crippen LogP) is 2.47. The highest BCUT2D eigenvalue weighted by atomic mass is 32.1. The Kier molecular flexibility index (Phi) is 5.48. The second-order valence-corrected chi connectivity index (χ2v) is 7.14. The van der Waals surface area contributed by atoms with E-state index in [9.17, 15) is 14.9 Å². The number of benzene rings is 1. The van der Waals surface area contributed by atoms with Crippen molar-refractivity contribution in [3.8, 4) is 0 Å². The van der Waals surface area contributed by atoms with Crippen molar-refractivity contribution < 1.29 is 14.5 Å². The maximum absolute atomic E-state index is 12.6. The van der Waals surface area contributed by atoms with Crippen molar-refractivity contribution in [3.63, 3.8) is 0 Å². The van der Waals surface area contributed by atoms with Crippen LogP contribution in [0.5, 0.6) is 0 Å². The van der Waals surface area contributed by atoms with Gasteiger partial charge >= 0.3 is 0 Å². The van der Waals surface area contributed by atoms with Crippen LogP contribution in [-0.2, 0) is 11.3 Å². The average molecular weight is 376 g/mol. The van der Waals surface area contributed by atoms with Gasteiger partial charge in [0.25, 0.3) is 11.6 Å². The number of anilines is 1. The zero-order valence-corrected chi connectivity index (χ0v) is 15.5. The van der Waals surface area contributed by atoms with Crippen LogP contribution in [0.3, 0.4) is 0 Å². The van der Waals surface area contributed by atoms with Crippen LogP contribution in [0.2, 0.25) is 0 Å². The van der Waals surface area contributed by atoms with Gasteiger partial charge in [0.15, 0.2) is 0 Å². The van der Waals surface area contributed by atoms with Crippen molar-refractivity contribution in [1.29, 1.82) is 0 Å². The van der Waals surface area contributed by atoms with E-state index in [4.69, 9.17) is 4.74 Å². The molecule has 1 saturated heterocycles. The van der Waals surface area contributed by atoms with Gasteiger partial charge in [0, 0.05) is 37.1 Å². The molecular formula is C17H20N4O4S. The van der Waals surface area contributed by atoms with Crippen LogP contribution in [0.1, 0.15) is 21.1 Å². The first-order valence-electron chi connectivity index (χ1n) is 8.23. The maximum atomic E-state index is 12.6. The van der Waals surface area contributed by atoms with Gasteiger partial charge in [0.2, 0.25) is 0 Å². The van der Waals surface area contributed by atoms with E-state index in [1.807, 2.05) is 12.3 Å². The number of aromatic nitrogens is 1. The Morgan fingerprint density at radius 1 is 1.42 bits per heavy atom. The molecular weight excluding hydrogens is 356 g/mol. The molecule has 0 N–H and O–H groups in total. The summed E-state index contributed by atoms with van der Waals surface area (Å²) < 4.78 is 5.24. The molecule has 3 rings (SSSR count). The lowest BCUT2D eigenvalue weighted by Crippen LogP contribution is -2.40. The minimum Gasteiger partial charge on any atom is -0.378 e. The molecule has 0 saturated carbocycles. The summed E-state index contributed by atoms with van der Waals surface area (Å²) in [5, 5.41) is 14.4. The molecule has 2 heterocycles. The van der Waals surface area contributed by atoms with Crippen molar-refractivity contribution in [2.75, 3.05) is 38.3 Å². The zero-order valence-electron chi connectivity index (χ0n) is 14.7. The minimum absolute atomic E-state index is 0.0847. The third-order valence-electron chi connectivity index (χ3n) is 4.19. The summed E-state index contributed by atoms with van der Waals surface area (Å²) in [6.07, 6.45) is 0.